The van der Waals surface area contributed by atoms with Crippen LogP contribution in [0.3, 0.4) is 0 Å². The van der Waals surface area contributed by atoms with Crippen molar-refractivity contribution in [1.82, 2.24) is 9.78 Å². The summed E-state index contributed by atoms with van der Waals surface area (Å²) in [5.74, 6) is -0.234. The van der Waals surface area contributed by atoms with Gasteiger partial charge in [-0.2, -0.15) is 5.10 Å². The van der Waals surface area contributed by atoms with Gasteiger partial charge in [0.2, 0.25) is 0 Å². The first kappa shape index (κ1) is 16.0. The van der Waals surface area contributed by atoms with E-state index in [-0.39, 0.29) is 5.91 Å². The molecular weight excluding hydrogens is 354 g/mol. The summed E-state index contributed by atoms with van der Waals surface area (Å²) >= 11 is 9.64. The van der Waals surface area contributed by atoms with E-state index in [1.165, 1.54) is 0 Å². The van der Waals surface area contributed by atoms with Gasteiger partial charge in [-0.25, -0.2) is 0 Å². The summed E-state index contributed by atoms with van der Waals surface area (Å²) in [5, 5.41) is 7.58. The van der Waals surface area contributed by atoms with E-state index in [1.807, 2.05) is 24.3 Å². The quantitative estimate of drug-likeness (QED) is 0.832. The summed E-state index contributed by atoms with van der Waals surface area (Å²) in [7, 11) is 0. The molecule has 0 atom stereocenters. The molecule has 0 spiro atoms. The van der Waals surface area contributed by atoms with Crippen molar-refractivity contribution < 1.29 is 4.79 Å². The molecule has 0 saturated carbocycles. The van der Waals surface area contributed by atoms with Crippen LogP contribution < -0.4 is 5.32 Å². The topological polar surface area (TPSA) is 46.9 Å². The zero-order valence-corrected chi connectivity index (χ0v) is 14.3. The van der Waals surface area contributed by atoms with Crippen LogP contribution >= 0.6 is 27.5 Å². The molecule has 0 bridgehead atoms. The number of halogens is 2. The Morgan fingerprint density at radius 3 is 2.67 bits per heavy atom. The Labute approximate surface area is 137 Å². The van der Waals surface area contributed by atoms with Crippen molar-refractivity contribution >= 4 is 39.1 Å². The molecule has 0 fully saturated rings. The number of benzene rings is 1. The van der Waals surface area contributed by atoms with E-state index in [0.29, 0.717) is 16.4 Å². The lowest BCUT2D eigenvalue weighted by atomic mass is 10.2. The summed E-state index contributed by atoms with van der Waals surface area (Å²) in [5.41, 5.74) is 1.81. The van der Waals surface area contributed by atoms with Gasteiger partial charge in [0.25, 0.3) is 5.91 Å². The predicted octanol–water partition coefficient (Wildman–Crippen LogP) is 4.66. The Morgan fingerprint density at radius 1 is 1.38 bits per heavy atom. The van der Waals surface area contributed by atoms with Crippen molar-refractivity contribution in [2.75, 3.05) is 5.32 Å². The lowest BCUT2D eigenvalue weighted by Gasteiger charge is -2.05. The Kier molecular flexibility index (Phi) is 5.42. The summed E-state index contributed by atoms with van der Waals surface area (Å²) in [4.78, 5) is 12.4. The number of aryl methyl sites for hydroxylation is 2. The first-order chi connectivity index (χ1) is 10.0. The molecule has 2 rings (SSSR count). The maximum absolute atomic E-state index is 12.4. The summed E-state index contributed by atoms with van der Waals surface area (Å²) < 4.78 is 2.65. The summed E-state index contributed by atoms with van der Waals surface area (Å²) in [6, 6.07) is 7.39. The molecule has 21 heavy (non-hydrogen) atoms. The van der Waals surface area contributed by atoms with Crippen LogP contribution in [0.4, 0.5) is 5.69 Å². The van der Waals surface area contributed by atoms with Crippen molar-refractivity contribution in [3.8, 4) is 0 Å². The van der Waals surface area contributed by atoms with Crippen LogP contribution in [0.15, 0.2) is 28.7 Å². The Bertz CT molecular complexity index is 637. The molecule has 1 amide bonds. The second kappa shape index (κ2) is 7.09. The smallest absolute Gasteiger partial charge is 0.260 e. The third kappa shape index (κ3) is 3.86. The van der Waals surface area contributed by atoms with Gasteiger partial charge in [-0.15, -0.1) is 0 Å². The van der Waals surface area contributed by atoms with Gasteiger partial charge in [0.1, 0.15) is 5.15 Å². The number of unbranched alkanes of at least 4 members (excludes halogenated alkanes) is 1. The number of nitrogens with one attached hydrogen (secondary N) is 1. The molecule has 0 aliphatic carbocycles. The molecule has 0 aliphatic heterocycles. The first-order valence-corrected chi connectivity index (χ1v) is 7.99. The highest BCUT2D eigenvalue weighted by Gasteiger charge is 2.20. The molecule has 2 aromatic rings. The maximum Gasteiger partial charge on any atom is 0.260 e. The minimum absolute atomic E-state index is 0.234. The zero-order valence-electron chi connectivity index (χ0n) is 12.0. The Hall–Kier alpha value is -1.33. The van der Waals surface area contributed by atoms with E-state index in [9.17, 15) is 4.79 Å². The average Bonchev–Trinajstić information content (AvgIpc) is 2.73. The van der Waals surface area contributed by atoms with Gasteiger partial charge in [-0.3, -0.25) is 9.48 Å². The second-order valence-electron chi connectivity index (χ2n) is 4.79. The minimum atomic E-state index is -0.234. The van der Waals surface area contributed by atoms with Gasteiger partial charge in [0.05, 0.1) is 11.3 Å². The lowest BCUT2D eigenvalue weighted by Crippen LogP contribution is -2.13. The molecule has 4 nitrogen and oxygen atoms in total. The average molecular weight is 371 g/mol. The van der Waals surface area contributed by atoms with Crippen molar-refractivity contribution in [1.29, 1.82) is 0 Å². The van der Waals surface area contributed by atoms with Crippen LogP contribution in [-0.4, -0.2) is 15.7 Å². The monoisotopic (exact) mass is 369 g/mol. The van der Waals surface area contributed by atoms with Gasteiger partial charge in [-0.05, 0) is 37.6 Å². The largest absolute Gasteiger partial charge is 0.322 e. The number of anilines is 1. The highest BCUT2D eigenvalue weighted by molar-refractivity contribution is 9.10. The van der Waals surface area contributed by atoms with E-state index >= 15 is 0 Å². The van der Waals surface area contributed by atoms with Crippen LogP contribution in [0.1, 0.15) is 35.8 Å². The fraction of sp³-hybridized carbons (Fsp3) is 0.333. The number of carbonyl (C=O) groups is 1. The number of nitrogens with zero attached hydrogens (tertiary/aromatic N) is 2. The minimum Gasteiger partial charge on any atom is -0.322 e. The molecule has 1 aromatic heterocycles. The third-order valence-corrected chi connectivity index (χ3v) is 4.03. The summed E-state index contributed by atoms with van der Waals surface area (Å²) in [6.07, 6.45) is 2.03. The number of carbonyl (C=O) groups excluding carboxylic acids is 1. The van der Waals surface area contributed by atoms with Gasteiger partial charge in [0, 0.05) is 16.7 Å². The number of rotatable bonds is 5. The van der Waals surface area contributed by atoms with Crippen molar-refractivity contribution in [3.05, 3.63) is 45.1 Å². The van der Waals surface area contributed by atoms with Crippen LogP contribution in [0.2, 0.25) is 5.15 Å². The number of hydrogen-bond acceptors (Lipinski definition) is 2. The molecular formula is C15H17BrClN3O. The first-order valence-electron chi connectivity index (χ1n) is 6.82. The highest BCUT2D eigenvalue weighted by atomic mass is 79.9. The fourth-order valence-corrected chi connectivity index (χ4v) is 2.60. The van der Waals surface area contributed by atoms with E-state index in [0.717, 1.165) is 29.5 Å². The number of aromatic nitrogens is 2. The molecule has 112 valence electrons. The van der Waals surface area contributed by atoms with Gasteiger partial charge >= 0.3 is 0 Å². The van der Waals surface area contributed by atoms with E-state index in [1.54, 1.807) is 11.6 Å². The van der Waals surface area contributed by atoms with Crippen LogP contribution in [-0.2, 0) is 6.54 Å². The summed E-state index contributed by atoms with van der Waals surface area (Å²) in [6.45, 7) is 4.62. The highest BCUT2D eigenvalue weighted by Crippen LogP contribution is 2.22. The third-order valence-electron chi connectivity index (χ3n) is 3.12. The molecule has 0 saturated heterocycles. The van der Waals surface area contributed by atoms with E-state index < -0.39 is 0 Å². The van der Waals surface area contributed by atoms with E-state index in [4.69, 9.17) is 11.6 Å². The Balaban J connectivity index is 2.19. The molecule has 1 heterocycles. The van der Waals surface area contributed by atoms with Crippen LogP contribution in [0.5, 0.6) is 0 Å². The maximum atomic E-state index is 12.4. The zero-order chi connectivity index (χ0) is 15.4. The molecule has 1 N–H and O–H groups in total. The van der Waals surface area contributed by atoms with Gasteiger partial charge in [0.15, 0.2) is 0 Å². The standard InChI is InChI=1S/C15H17BrClN3O/c1-3-4-9-20-14(17)13(10(2)19-20)15(21)18-12-7-5-11(16)6-8-12/h5-8H,3-4,9H2,1-2H3,(H,18,21). The number of amides is 1. The predicted molar refractivity (Wildman–Crippen MR) is 89.0 cm³/mol. The SMILES string of the molecule is CCCCn1nc(C)c(C(=O)Nc2ccc(Br)cc2)c1Cl. The normalized spacial score (nSPS) is 10.7. The van der Waals surface area contributed by atoms with E-state index in [2.05, 4.69) is 33.3 Å². The number of hydrogen-bond donors (Lipinski definition) is 1. The lowest BCUT2D eigenvalue weighted by molar-refractivity contribution is 0.102. The molecule has 0 radical (unpaired) electrons. The fourth-order valence-electron chi connectivity index (χ4n) is 1.99. The van der Waals surface area contributed by atoms with Crippen molar-refractivity contribution in [3.63, 3.8) is 0 Å². The molecule has 0 unspecified atom stereocenters. The van der Waals surface area contributed by atoms with Gasteiger partial charge in [-0.1, -0.05) is 40.9 Å². The van der Waals surface area contributed by atoms with Crippen molar-refractivity contribution in [2.24, 2.45) is 0 Å². The van der Waals surface area contributed by atoms with Crippen LogP contribution in [0.25, 0.3) is 0 Å². The van der Waals surface area contributed by atoms with Crippen molar-refractivity contribution in [2.45, 2.75) is 33.2 Å². The molecule has 6 heteroatoms. The Morgan fingerprint density at radius 2 is 2.05 bits per heavy atom. The van der Waals surface area contributed by atoms with Gasteiger partial charge < -0.3 is 5.32 Å². The molecule has 1 aromatic carbocycles. The second-order valence-corrected chi connectivity index (χ2v) is 6.06. The molecule has 0 aliphatic rings. The van der Waals surface area contributed by atoms with Crippen LogP contribution in [0, 0.1) is 6.92 Å².